The summed E-state index contributed by atoms with van der Waals surface area (Å²) in [4.78, 5) is 11.9. The monoisotopic (exact) mass is 328 g/mol. The number of aromatic amines is 1. The Morgan fingerprint density at radius 1 is 1.00 bits per heavy atom. The van der Waals surface area contributed by atoms with E-state index in [-0.39, 0.29) is 11.6 Å². The van der Waals surface area contributed by atoms with Gasteiger partial charge in [0.15, 0.2) is 0 Å². The molecule has 2 N–H and O–H groups in total. The molecule has 25 heavy (non-hydrogen) atoms. The number of H-pyrrole nitrogens is 1. The first-order chi connectivity index (χ1) is 12.3. The normalized spacial score (nSPS) is 11.4. The van der Waals surface area contributed by atoms with Crippen molar-refractivity contribution in [3.05, 3.63) is 60.9 Å². The molecular weight excluding hydrogens is 316 g/mol. The van der Waals surface area contributed by atoms with Crippen LogP contribution in [0, 0.1) is 0 Å². The van der Waals surface area contributed by atoms with Crippen LogP contribution in [0.3, 0.4) is 0 Å². The number of nitrogens with zero attached hydrogens (tertiary/aromatic N) is 3. The summed E-state index contributed by atoms with van der Waals surface area (Å²) in [5.41, 5.74) is 2.08. The summed E-state index contributed by atoms with van der Waals surface area (Å²) in [5.74, 6) is 0.738. The lowest BCUT2D eigenvalue weighted by atomic mass is 10.1. The quantitative estimate of drug-likeness (QED) is 0.508. The molecule has 120 valence electrons. The first kappa shape index (κ1) is 13.7. The highest BCUT2D eigenvalue weighted by Gasteiger charge is 2.17. The fourth-order valence-corrected chi connectivity index (χ4v) is 2.99. The van der Waals surface area contributed by atoms with E-state index in [2.05, 4.69) is 20.1 Å². The van der Waals surface area contributed by atoms with Gasteiger partial charge in [-0.05, 0) is 35.0 Å². The Morgan fingerprint density at radius 2 is 1.84 bits per heavy atom. The van der Waals surface area contributed by atoms with Crippen molar-refractivity contribution in [2.45, 2.75) is 0 Å². The number of fused-ring (bicyclic) bond motifs is 2. The zero-order valence-corrected chi connectivity index (χ0v) is 13.0. The molecule has 0 saturated carbocycles. The third-order valence-corrected chi connectivity index (χ3v) is 4.21. The van der Waals surface area contributed by atoms with Crippen LogP contribution in [0.5, 0.6) is 5.75 Å². The number of hydrogen-bond donors (Lipinski definition) is 2. The molecule has 6 heteroatoms. The van der Waals surface area contributed by atoms with Gasteiger partial charge < -0.3 is 14.6 Å². The van der Waals surface area contributed by atoms with Crippen LogP contribution in [-0.2, 0) is 0 Å². The lowest BCUT2D eigenvalue weighted by Crippen LogP contribution is -1.87. The molecule has 0 spiro atoms. The molecule has 5 aromatic rings. The Kier molecular flexibility index (Phi) is 2.84. The van der Waals surface area contributed by atoms with Crippen molar-refractivity contribution in [2.75, 3.05) is 0 Å². The first-order valence-electron chi connectivity index (χ1n) is 7.78. The van der Waals surface area contributed by atoms with Gasteiger partial charge in [-0.3, -0.25) is 4.98 Å². The van der Waals surface area contributed by atoms with Crippen LogP contribution in [0.2, 0.25) is 0 Å². The predicted molar refractivity (Wildman–Crippen MR) is 94.0 cm³/mol. The fraction of sp³-hybridized carbons (Fsp3) is 0. The molecule has 0 amide bonds. The van der Waals surface area contributed by atoms with Crippen LogP contribution < -0.4 is 0 Å². The van der Waals surface area contributed by atoms with E-state index in [1.165, 1.54) is 0 Å². The first-order valence-corrected chi connectivity index (χ1v) is 7.78. The van der Waals surface area contributed by atoms with E-state index in [0.717, 1.165) is 21.7 Å². The maximum absolute atomic E-state index is 10.3. The molecule has 6 nitrogen and oxygen atoms in total. The van der Waals surface area contributed by atoms with Crippen LogP contribution >= 0.6 is 0 Å². The van der Waals surface area contributed by atoms with E-state index >= 15 is 0 Å². The highest BCUT2D eigenvalue weighted by molar-refractivity contribution is 5.92. The number of benzene rings is 2. The Hall–Kier alpha value is -3.67. The minimum atomic E-state index is 0.0988. The van der Waals surface area contributed by atoms with Gasteiger partial charge in [0.25, 0.3) is 5.89 Å². The van der Waals surface area contributed by atoms with Crippen LogP contribution in [0.4, 0.5) is 0 Å². The molecule has 0 aliphatic carbocycles. The van der Waals surface area contributed by atoms with Crippen molar-refractivity contribution in [3.8, 4) is 28.7 Å². The molecule has 0 fully saturated rings. The molecule has 0 bridgehead atoms. The highest BCUT2D eigenvalue weighted by Crippen LogP contribution is 2.34. The highest BCUT2D eigenvalue weighted by atomic mass is 16.5. The van der Waals surface area contributed by atoms with E-state index in [1.807, 2.05) is 48.7 Å². The standard InChI is InChI=1S/C19H12N4O2/c24-16-10-12-4-2-1-3-11(12)9-14(16)19-22-18(23-25-19)17-13-5-7-20-15(13)6-8-21-17/h1-10,20,24H. The van der Waals surface area contributed by atoms with Crippen molar-refractivity contribution in [3.63, 3.8) is 0 Å². The van der Waals surface area contributed by atoms with Gasteiger partial charge in [0.1, 0.15) is 11.4 Å². The summed E-state index contributed by atoms with van der Waals surface area (Å²) in [6.45, 7) is 0. The van der Waals surface area contributed by atoms with Gasteiger partial charge in [-0.25, -0.2) is 0 Å². The second-order valence-electron chi connectivity index (χ2n) is 5.74. The number of phenolic OH excluding ortho intramolecular Hbond substituents is 1. The second-order valence-corrected chi connectivity index (χ2v) is 5.74. The summed E-state index contributed by atoms with van der Waals surface area (Å²) >= 11 is 0. The van der Waals surface area contributed by atoms with Crippen molar-refractivity contribution >= 4 is 21.7 Å². The number of aromatic nitrogens is 4. The van der Waals surface area contributed by atoms with E-state index in [9.17, 15) is 5.11 Å². The molecule has 3 heterocycles. The maximum Gasteiger partial charge on any atom is 0.262 e. The molecule has 5 rings (SSSR count). The largest absolute Gasteiger partial charge is 0.507 e. The summed E-state index contributed by atoms with van der Waals surface area (Å²) in [5, 5.41) is 17.2. The van der Waals surface area contributed by atoms with E-state index in [1.54, 1.807) is 12.3 Å². The second kappa shape index (κ2) is 5.17. The van der Waals surface area contributed by atoms with Gasteiger partial charge in [0.2, 0.25) is 5.82 Å². The Labute approximate surface area is 141 Å². The van der Waals surface area contributed by atoms with Crippen molar-refractivity contribution in [2.24, 2.45) is 0 Å². The van der Waals surface area contributed by atoms with Crippen molar-refractivity contribution in [1.29, 1.82) is 0 Å². The maximum atomic E-state index is 10.3. The molecule has 2 aromatic carbocycles. The molecule has 0 aliphatic heterocycles. The zero-order chi connectivity index (χ0) is 16.8. The lowest BCUT2D eigenvalue weighted by Gasteiger charge is -2.03. The molecular formula is C19H12N4O2. The van der Waals surface area contributed by atoms with Gasteiger partial charge in [0.05, 0.1) is 5.56 Å². The van der Waals surface area contributed by atoms with Gasteiger partial charge >= 0.3 is 0 Å². The minimum Gasteiger partial charge on any atom is -0.507 e. The van der Waals surface area contributed by atoms with Gasteiger partial charge in [-0.15, -0.1) is 0 Å². The zero-order valence-electron chi connectivity index (χ0n) is 13.0. The van der Waals surface area contributed by atoms with Gasteiger partial charge in [-0.1, -0.05) is 29.4 Å². The van der Waals surface area contributed by atoms with E-state index in [4.69, 9.17) is 4.52 Å². The fourth-order valence-electron chi connectivity index (χ4n) is 2.99. The molecule has 0 unspecified atom stereocenters. The number of nitrogens with one attached hydrogen (secondary N) is 1. The lowest BCUT2D eigenvalue weighted by molar-refractivity contribution is 0.426. The van der Waals surface area contributed by atoms with Crippen molar-refractivity contribution in [1.82, 2.24) is 20.1 Å². The predicted octanol–water partition coefficient (Wildman–Crippen LogP) is 4.14. The molecule has 0 saturated heterocycles. The molecule has 0 aliphatic rings. The molecule has 0 radical (unpaired) electrons. The van der Waals surface area contributed by atoms with E-state index in [0.29, 0.717) is 17.1 Å². The summed E-state index contributed by atoms with van der Waals surface area (Å²) in [6.07, 6.45) is 3.53. The average Bonchev–Trinajstić information content (AvgIpc) is 3.30. The smallest absolute Gasteiger partial charge is 0.262 e. The van der Waals surface area contributed by atoms with Crippen LogP contribution in [-0.4, -0.2) is 25.2 Å². The van der Waals surface area contributed by atoms with Gasteiger partial charge in [-0.2, -0.15) is 4.98 Å². The number of aromatic hydroxyl groups is 1. The number of rotatable bonds is 2. The van der Waals surface area contributed by atoms with Crippen LogP contribution in [0.25, 0.3) is 44.6 Å². The third kappa shape index (κ3) is 2.15. The van der Waals surface area contributed by atoms with E-state index < -0.39 is 0 Å². The third-order valence-electron chi connectivity index (χ3n) is 4.21. The minimum absolute atomic E-state index is 0.0988. The summed E-state index contributed by atoms with van der Waals surface area (Å²) < 4.78 is 5.39. The molecule has 0 atom stereocenters. The average molecular weight is 328 g/mol. The Bertz CT molecular complexity index is 1220. The number of hydrogen-bond acceptors (Lipinski definition) is 5. The van der Waals surface area contributed by atoms with Crippen molar-refractivity contribution < 1.29 is 9.63 Å². The summed E-state index contributed by atoms with van der Waals surface area (Å²) in [6, 6.07) is 15.1. The summed E-state index contributed by atoms with van der Waals surface area (Å²) in [7, 11) is 0. The van der Waals surface area contributed by atoms with Gasteiger partial charge in [0, 0.05) is 23.3 Å². The van der Waals surface area contributed by atoms with Crippen LogP contribution in [0.1, 0.15) is 0 Å². The Morgan fingerprint density at radius 3 is 2.72 bits per heavy atom. The number of pyridine rings is 1. The SMILES string of the molecule is Oc1cc2ccccc2cc1-c1nc(-c2nccc3[nH]ccc23)no1. The molecule has 3 aromatic heterocycles. The number of phenols is 1. The Balaban J connectivity index is 1.66. The topological polar surface area (TPSA) is 87.8 Å². The van der Waals surface area contributed by atoms with Crippen LogP contribution in [0.15, 0.2) is 65.4 Å².